The van der Waals surface area contributed by atoms with Crippen molar-refractivity contribution in [3.63, 3.8) is 0 Å². The van der Waals surface area contributed by atoms with Crippen LogP contribution in [0, 0.1) is 12.3 Å². The number of terminal acetylenes is 1. The Kier molecular flexibility index (Phi) is 3.60. The average molecular weight is 234 g/mol. The van der Waals surface area contributed by atoms with E-state index in [0.717, 1.165) is 31.1 Å². The van der Waals surface area contributed by atoms with Gasteiger partial charge in [-0.3, -0.25) is 9.69 Å². The third-order valence-electron chi connectivity index (χ3n) is 2.71. The molecular weight excluding hydrogens is 220 g/mol. The molecule has 1 amide bonds. The molecule has 0 atom stereocenters. The Labute approximate surface area is 99.7 Å². The molecule has 0 N–H and O–H groups in total. The average Bonchev–Trinajstić information content (AvgIpc) is 2.83. The van der Waals surface area contributed by atoms with Crippen LogP contribution in [-0.4, -0.2) is 48.4 Å². The summed E-state index contributed by atoms with van der Waals surface area (Å²) in [6.07, 6.45) is 5.26. The Bertz CT molecular complexity index is 386. The zero-order chi connectivity index (χ0) is 11.4. The number of thiophene rings is 1. The van der Waals surface area contributed by atoms with E-state index in [4.69, 9.17) is 6.42 Å². The fourth-order valence-electron chi connectivity index (χ4n) is 1.79. The summed E-state index contributed by atoms with van der Waals surface area (Å²) in [6, 6.07) is 3.79. The molecule has 0 unspecified atom stereocenters. The zero-order valence-electron chi connectivity index (χ0n) is 9.06. The molecule has 0 radical (unpaired) electrons. The minimum absolute atomic E-state index is 0.148. The first-order valence-electron chi connectivity index (χ1n) is 5.30. The number of carbonyl (C=O) groups is 1. The summed E-state index contributed by atoms with van der Waals surface area (Å²) >= 11 is 1.50. The lowest BCUT2D eigenvalue weighted by molar-refractivity contribution is 0.0657. The van der Waals surface area contributed by atoms with Gasteiger partial charge >= 0.3 is 0 Å². The Morgan fingerprint density at radius 1 is 1.44 bits per heavy atom. The van der Waals surface area contributed by atoms with Crippen LogP contribution in [0.2, 0.25) is 0 Å². The van der Waals surface area contributed by atoms with Crippen LogP contribution in [0.1, 0.15) is 9.67 Å². The molecule has 0 spiro atoms. The SMILES string of the molecule is C#CCN1CCN(C(=O)c2cccs2)CC1. The van der Waals surface area contributed by atoms with Crippen LogP contribution in [0.3, 0.4) is 0 Å². The zero-order valence-corrected chi connectivity index (χ0v) is 9.87. The summed E-state index contributed by atoms with van der Waals surface area (Å²) in [5.41, 5.74) is 0. The van der Waals surface area contributed by atoms with Crippen LogP contribution in [-0.2, 0) is 0 Å². The minimum atomic E-state index is 0.148. The standard InChI is InChI=1S/C12H14N2OS/c1-2-5-13-6-8-14(9-7-13)12(15)11-4-3-10-16-11/h1,3-4,10H,5-9H2. The van der Waals surface area contributed by atoms with Crippen LogP contribution in [0.25, 0.3) is 0 Å². The van der Waals surface area contributed by atoms with Crippen molar-refractivity contribution < 1.29 is 4.79 Å². The van der Waals surface area contributed by atoms with E-state index >= 15 is 0 Å². The van der Waals surface area contributed by atoms with E-state index in [1.54, 1.807) is 0 Å². The van der Waals surface area contributed by atoms with Gasteiger partial charge in [0.25, 0.3) is 5.91 Å². The fraction of sp³-hybridized carbons (Fsp3) is 0.417. The second kappa shape index (κ2) is 5.15. The van der Waals surface area contributed by atoms with Gasteiger partial charge in [0.05, 0.1) is 11.4 Å². The van der Waals surface area contributed by atoms with Gasteiger partial charge in [0.2, 0.25) is 0 Å². The van der Waals surface area contributed by atoms with Crippen LogP contribution in [0.15, 0.2) is 17.5 Å². The smallest absolute Gasteiger partial charge is 0.264 e. The van der Waals surface area contributed by atoms with Gasteiger partial charge in [-0.2, -0.15) is 0 Å². The Morgan fingerprint density at radius 2 is 2.19 bits per heavy atom. The van der Waals surface area contributed by atoms with E-state index in [2.05, 4.69) is 10.8 Å². The fourth-order valence-corrected chi connectivity index (χ4v) is 2.49. The first-order chi connectivity index (χ1) is 7.81. The van der Waals surface area contributed by atoms with Crippen LogP contribution >= 0.6 is 11.3 Å². The van der Waals surface area contributed by atoms with E-state index in [9.17, 15) is 4.79 Å². The molecule has 2 rings (SSSR count). The van der Waals surface area contributed by atoms with E-state index in [0.29, 0.717) is 6.54 Å². The van der Waals surface area contributed by atoms with E-state index in [1.807, 2.05) is 22.4 Å². The third-order valence-corrected chi connectivity index (χ3v) is 3.56. The number of amides is 1. The second-order valence-electron chi connectivity index (χ2n) is 3.75. The highest BCUT2D eigenvalue weighted by molar-refractivity contribution is 7.12. The predicted molar refractivity (Wildman–Crippen MR) is 65.5 cm³/mol. The van der Waals surface area contributed by atoms with Crippen molar-refractivity contribution in [3.05, 3.63) is 22.4 Å². The van der Waals surface area contributed by atoms with Gasteiger partial charge in [0.1, 0.15) is 0 Å². The summed E-state index contributed by atoms with van der Waals surface area (Å²) < 4.78 is 0. The van der Waals surface area contributed by atoms with Crippen LogP contribution < -0.4 is 0 Å². The highest BCUT2D eigenvalue weighted by atomic mass is 32.1. The molecule has 1 aliphatic heterocycles. The Hall–Kier alpha value is -1.31. The minimum Gasteiger partial charge on any atom is -0.335 e. The maximum Gasteiger partial charge on any atom is 0.264 e. The van der Waals surface area contributed by atoms with Crippen molar-refractivity contribution in [2.24, 2.45) is 0 Å². The van der Waals surface area contributed by atoms with Crippen molar-refractivity contribution >= 4 is 17.2 Å². The first kappa shape index (κ1) is 11.2. The summed E-state index contributed by atoms with van der Waals surface area (Å²) in [7, 11) is 0. The molecule has 0 aliphatic carbocycles. The lowest BCUT2D eigenvalue weighted by atomic mass is 10.3. The quantitative estimate of drug-likeness (QED) is 0.716. The van der Waals surface area contributed by atoms with Crippen LogP contribution in [0.5, 0.6) is 0 Å². The summed E-state index contributed by atoms with van der Waals surface area (Å²) in [6.45, 7) is 3.99. The monoisotopic (exact) mass is 234 g/mol. The molecule has 1 aromatic rings. The molecule has 1 saturated heterocycles. The number of piperazine rings is 1. The number of nitrogens with zero attached hydrogens (tertiary/aromatic N) is 2. The molecule has 0 aromatic carbocycles. The van der Waals surface area contributed by atoms with Crippen LogP contribution in [0.4, 0.5) is 0 Å². The summed E-state index contributed by atoms with van der Waals surface area (Å²) in [4.78, 5) is 16.9. The lowest BCUT2D eigenvalue weighted by Gasteiger charge is -2.33. The number of rotatable bonds is 2. The van der Waals surface area contributed by atoms with Gasteiger partial charge in [0, 0.05) is 26.2 Å². The number of hydrogen-bond acceptors (Lipinski definition) is 3. The molecule has 0 saturated carbocycles. The molecule has 3 nitrogen and oxygen atoms in total. The topological polar surface area (TPSA) is 23.6 Å². The molecule has 0 bridgehead atoms. The molecule has 1 aliphatic rings. The van der Waals surface area contributed by atoms with E-state index in [1.165, 1.54) is 11.3 Å². The maximum absolute atomic E-state index is 12.0. The first-order valence-corrected chi connectivity index (χ1v) is 6.18. The lowest BCUT2D eigenvalue weighted by Crippen LogP contribution is -2.48. The van der Waals surface area contributed by atoms with Crippen molar-refractivity contribution in [2.45, 2.75) is 0 Å². The van der Waals surface area contributed by atoms with Gasteiger partial charge in [-0.05, 0) is 11.4 Å². The van der Waals surface area contributed by atoms with Gasteiger partial charge in [-0.25, -0.2) is 0 Å². The van der Waals surface area contributed by atoms with Crippen molar-refractivity contribution in [3.8, 4) is 12.3 Å². The van der Waals surface area contributed by atoms with Crippen molar-refractivity contribution in [1.82, 2.24) is 9.80 Å². The highest BCUT2D eigenvalue weighted by Gasteiger charge is 2.21. The number of carbonyl (C=O) groups excluding carboxylic acids is 1. The molecule has 1 aromatic heterocycles. The Morgan fingerprint density at radius 3 is 2.75 bits per heavy atom. The molecule has 16 heavy (non-hydrogen) atoms. The number of hydrogen-bond donors (Lipinski definition) is 0. The maximum atomic E-state index is 12.0. The molecule has 4 heteroatoms. The predicted octanol–water partition coefficient (Wildman–Crippen LogP) is 1.14. The summed E-state index contributed by atoms with van der Waals surface area (Å²) in [5.74, 6) is 2.78. The Balaban J connectivity index is 1.90. The largest absolute Gasteiger partial charge is 0.335 e. The third kappa shape index (κ3) is 2.43. The molecule has 2 heterocycles. The molecule has 1 fully saturated rings. The molecule has 84 valence electrons. The van der Waals surface area contributed by atoms with Gasteiger partial charge in [0.15, 0.2) is 0 Å². The van der Waals surface area contributed by atoms with E-state index in [-0.39, 0.29) is 5.91 Å². The molecular formula is C12H14N2OS. The van der Waals surface area contributed by atoms with Gasteiger partial charge in [-0.1, -0.05) is 12.0 Å². The van der Waals surface area contributed by atoms with Crippen molar-refractivity contribution in [2.75, 3.05) is 32.7 Å². The highest BCUT2D eigenvalue weighted by Crippen LogP contribution is 2.13. The van der Waals surface area contributed by atoms with Gasteiger partial charge in [-0.15, -0.1) is 17.8 Å². The van der Waals surface area contributed by atoms with E-state index < -0.39 is 0 Å². The second-order valence-corrected chi connectivity index (χ2v) is 4.70. The summed E-state index contributed by atoms with van der Waals surface area (Å²) in [5, 5.41) is 1.93. The van der Waals surface area contributed by atoms with Gasteiger partial charge < -0.3 is 4.90 Å². The van der Waals surface area contributed by atoms with Crippen molar-refractivity contribution in [1.29, 1.82) is 0 Å². The normalized spacial score (nSPS) is 17.1.